The minimum absolute atomic E-state index is 0.0323. The maximum atomic E-state index is 14.0. The zero-order valence-corrected chi connectivity index (χ0v) is 35.9. The Morgan fingerprint density at radius 2 is 1.82 bits per heavy atom. The van der Waals surface area contributed by atoms with Crippen molar-refractivity contribution in [2.24, 2.45) is 11.3 Å². The van der Waals surface area contributed by atoms with E-state index >= 15 is 0 Å². The first kappa shape index (κ1) is 46.1. The summed E-state index contributed by atoms with van der Waals surface area (Å²) in [6.45, 7) is 11.8. The maximum absolute atomic E-state index is 14.0. The number of ether oxygens (including phenoxy) is 2. The van der Waals surface area contributed by atoms with E-state index in [0.717, 1.165) is 56.6 Å². The fourth-order valence-electron chi connectivity index (χ4n) is 8.27. The summed E-state index contributed by atoms with van der Waals surface area (Å²) in [5, 5.41) is 16.4. The summed E-state index contributed by atoms with van der Waals surface area (Å²) in [7, 11) is 2.90. The molecule has 3 N–H and O–H groups in total. The number of amides is 2. The molecular formula is C45H59F3N6O6. The van der Waals surface area contributed by atoms with Gasteiger partial charge in [0.15, 0.2) is 0 Å². The molecule has 326 valence electrons. The van der Waals surface area contributed by atoms with Crippen LogP contribution in [0.2, 0.25) is 0 Å². The van der Waals surface area contributed by atoms with Crippen LogP contribution in [-0.4, -0.2) is 101 Å². The first-order valence-corrected chi connectivity index (χ1v) is 20.5. The van der Waals surface area contributed by atoms with Gasteiger partial charge in [-0.25, -0.2) is 5.43 Å². The van der Waals surface area contributed by atoms with Gasteiger partial charge in [0.2, 0.25) is 5.91 Å². The number of rotatable bonds is 17. The number of phenols is 1. The zero-order valence-electron chi connectivity index (χ0n) is 35.9. The van der Waals surface area contributed by atoms with Crippen LogP contribution in [0.4, 0.5) is 13.2 Å². The van der Waals surface area contributed by atoms with Crippen molar-refractivity contribution in [2.45, 2.75) is 98.6 Å². The molecule has 15 heteroatoms. The highest BCUT2D eigenvalue weighted by molar-refractivity contribution is 5.95. The van der Waals surface area contributed by atoms with Gasteiger partial charge >= 0.3 is 12.1 Å². The van der Waals surface area contributed by atoms with Crippen molar-refractivity contribution in [3.05, 3.63) is 71.5 Å². The number of halogens is 3. The Hall–Kier alpha value is -4.99. The number of carbonyl (C=O) groups is 3. The van der Waals surface area contributed by atoms with Crippen LogP contribution in [0.5, 0.6) is 5.75 Å². The topological polar surface area (TPSA) is 138 Å². The molecule has 2 aromatic heterocycles. The van der Waals surface area contributed by atoms with Crippen molar-refractivity contribution < 1.29 is 42.1 Å². The van der Waals surface area contributed by atoms with Crippen LogP contribution in [0, 0.1) is 11.3 Å². The molecule has 12 nitrogen and oxygen atoms in total. The summed E-state index contributed by atoms with van der Waals surface area (Å²) >= 11 is 0. The van der Waals surface area contributed by atoms with E-state index in [9.17, 15) is 32.7 Å². The number of hydrogen-bond donors (Lipinski definition) is 3. The summed E-state index contributed by atoms with van der Waals surface area (Å²) in [5.41, 5.74) is 9.45. The van der Waals surface area contributed by atoms with Crippen LogP contribution >= 0.6 is 0 Å². The molecule has 1 aliphatic heterocycles. The summed E-state index contributed by atoms with van der Waals surface area (Å²) in [4.78, 5) is 45.2. The zero-order chi connectivity index (χ0) is 43.9. The maximum Gasteiger partial charge on any atom is 0.401 e. The smallest absolute Gasteiger partial charge is 0.401 e. The van der Waals surface area contributed by atoms with Crippen LogP contribution in [0.1, 0.15) is 71.1 Å². The van der Waals surface area contributed by atoms with Crippen molar-refractivity contribution in [3.8, 4) is 28.1 Å². The number of alkyl halides is 3. The third-order valence-electron chi connectivity index (χ3n) is 10.8. The van der Waals surface area contributed by atoms with Crippen molar-refractivity contribution in [2.75, 3.05) is 40.4 Å². The van der Waals surface area contributed by atoms with Gasteiger partial charge in [0.25, 0.3) is 5.91 Å². The largest absolute Gasteiger partial charge is 0.508 e. The molecule has 0 saturated carbocycles. The number of hydrazine groups is 1. The van der Waals surface area contributed by atoms with Crippen LogP contribution in [0.3, 0.4) is 0 Å². The molecule has 1 fully saturated rings. The molecule has 2 aromatic carbocycles. The molecule has 5 rings (SSSR count). The highest BCUT2D eigenvalue weighted by Crippen LogP contribution is 2.41. The monoisotopic (exact) mass is 836 g/mol. The number of fused-ring (bicyclic) bond motifs is 1. The molecule has 3 heterocycles. The van der Waals surface area contributed by atoms with Crippen molar-refractivity contribution in [1.29, 1.82) is 0 Å². The van der Waals surface area contributed by atoms with Gasteiger partial charge in [-0.1, -0.05) is 39.8 Å². The van der Waals surface area contributed by atoms with Crippen LogP contribution < -0.4 is 10.7 Å². The molecular weight excluding hydrogens is 778 g/mol. The van der Waals surface area contributed by atoms with E-state index in [4.69, 9.17) is 9.47 Å². The van der Waals surface area contributed by atoms with Crippen molar-refractivity contribution >= 4 is 28.7 Å². The molecule has 2 atom stereocenters. The Labute approximate surface area is 350 Å². The number of pyridine rings is 1. The lowest BCUT2D eigenvalue weighted by molar-refractivity contribution is -0.155. The molecule has 1 saturated heterocycles. The van der Waals surface area contributed by atoms with Gasteiger partial charge in [0.1, 0.15) is 11.8 Å². The van der Waals surface area contributed by atoms with E-state index in [1.165, 1.54) is 25.0 Å². The average Bonchev–Trinajstić information content (AvgIpc) is 3.47. The molecule has 0 aliphatic carbocycles. The first-order chi connectivity index (χ1) is 28.3. The number of methoxy groups -OCH3 is 1. The van der Waals surface area contributed by atoms with Gasteiger partial charge < -0.3 is 24.5 Å². The van der Waals surface area contributed by atoms with Gasteiger partial charge in [-0.15, -0.1) is 0 Å². The lowest BCUT2D eigenvalue weighted by Gasteiger charge is -2.34. The summed E-state index contributed by atoms with van der Waals surface area (Å²) < 4.78 is 53.6. The summed E-state index contributed by atoms with van der Waals surface area (Å²) in [6, 6.07) is 10.7. The number of aromatic nitrogens is 2. The highest BCUT2D eigenvalue weighted by Gasteiger charge is 2.38. The number of likely N-dealkylation sites (N-methyl/N-ethyl adjacent to an activating group) is 1. The van der Waals surface area contributed by atoms with Gasteiger partial charge in [0, 0.05) is 74.4 Å². The second-order valence-corrected chi connectivity index (χ2v) is 16.9. The standard InChI is InChI=1S/C45H59F3N6O6/c1-9-53-39-13-12-31(22-35(39)36(23-44(5,6)27-60-29(4)55)41(53)37-24-49-16-14-32(37)25-59-8)33-18-30(19-34(56)21-33)20-38(43(58)54-17-11-10-15-50-54)51-42(57)40(28(2)3)52(7)26-45(46,47)48/h12-14,16,18-19,21-22,24,28,38,40,50,56H,9-11,15,17,20,23,25-27H2,1-8H3,(H,51,57)/t38-,40-/m0/s1. The lowest BCUT2D eigenvalue weighted by atomic mass is 9.84. The molecule has 4 aromatic rings. The highest BCUT2D eigenvalue weighted by atomic mass is 19.4. The minimum Gasteiger partial charge on any atom is -0.508 e. The molecule has 1 aliphatic rings. The van der Waals surface area contributed by atoms with E-state index in [2.05, 4.69) is 33.3 Å². The van der Waals surface area contributed by atoms with Crippen LogP contribution in [0.15, 0.2) is 54.9 Å². The fraction of sp³-hybridized carbons (Fsp3) is 0.511. The van der Waals surface area contributed by atoms with E-state index in [1.807, 2.05) is 44.3 Å². The average molecular weight is 837 g/mol. The molecule has 0 radical (unpaired) electrons. The number of esters is 1. The third-order valence-corrected chi connectivity index (χ3v) is 10.8. The van der Waals surface area contributed by atoms with Crippen molar-refractivity contribution in [3.63, 3.8) is 0 Å². The second kappa shape index (κ2) is 19.6. The molecule has 0 unspecified atom stereocenters. The van der Waals surface area contributed by atoms with Crippen LogP contribution in [-0.2, 0) is 49.9 Å². The SMILES string of the molecule is CCn1c(-c2cnccc2COC)c(CC(C)(C)COC(C)=O)c2cc(-c3cc(O)cc(C[C@H](NC(=O)[C@H](C(C)C)N(C)CC(F)(F)F)C(=O)N4CCCCN4)c3)ccc21. The van der Waals surface area contributed by atoms with E-state index in [0.29, 0.717) is 43.8 Å². The van der Waals surface area contributed by atoms with Crippen LogP contribution in [0.25, 0.3) is 33.3 Å². The van der Waals surface area contributed by atoms with E-state index in [-0.39, 0.29) is 24.7 Å². The van der Waals surface area contributed by atoms with Gasteiger partial charge in [-0.3, -0.25) is 29.3 Å². The van der Waals surface area contributed by atoms with E-state index < -0.39 is 48.0 Å². The van der Waals surface area contributed by atoms with E-state index in [1.54, 1.807) is 33.2 Å². The minimum atomic E-state index is -4.52. The Morgan fingerprint density at radius 1 is 1.07 bits per heavy atom. The number of benzene rings is 2. The quantitative estimate of drug-likeness (QED) is 0.0957. The van der Waals surface area contributed by atoms with Gasteiger partial charge in [-0.05, 0) is 97.3 Å². The third kappa shape index (κ3) is 11.4. The van der Waals surface area contributed by atoms with Crippen molar-refractivity contribution in [1.82, 2.24) is 30.2 Å². The Bertz CT molecular complexity index is 2150. The first-order valence-electron chi connectivity index (χ1n) is 20.5. The lowest BCUT2D eigenvalue weighted by Crippen LogP contribution is -2.59. The number of phenolic OH excluding ortho intramolecular Hbond substituents is 1. The number of aryl methyl sites for hydroxylation is 1. The number of aromatic hydroxyl groups is 1. The molecule has 0 bridgehead atoms. The summed E-state index contributed by atoms with van der Waals surface area (Å²) in [6.07, 6.45) is 1.18. The molecule has 0 spiro atoms. The Balaban J connectivity index is 1.59. The second-order valence-electron chi connectivity index (χ2n) is 16.9. The molecule has 2 amide bonds. The summed E-state index contributed by atoms with van der Waals surface area (Å²) in [5.74, 6) is -2.03. The Morgan fingerprint density at radius 3 is 2.45 bits per heavy atom. The predicted molar refractivity (Wildman–Crippen MR) is 225 cm³/mol. The predicted octanol–water partition coefficient (Wildman–Crippen LogP) is 7.05. The number of nitrogens with one attached hydrogen (secondary N) is 2. The van der Waals surface area contributed by atoms with Gasteiger partial charge in [-0.2, -0.15) is 13.2 Å². The Kier molecular flexibility index (Phi) is 15.0. The van der Waals surface area contributed by atoms with Gasteiger partial charge in [0.05, 0.1) is 31.5 Å². The normalized spacial score (nSPS) is 14.8. The molecule has 60 heavy (non-hydrogen) atoms. The number of carbonyl (C=O) groups excluding carboxylic acids is 3. The number of nitrogens with zero attached hydrogens (tertiary/aromatic N) is 4. The fourth-order valence-corrected chi connectivity index (χ4v) is 8.27. The number of hydrogen-bond acceptors (Lipinski definition) is 9.